The second kappa shape index (κ2) is 4.50. The number of benzene rings is 1. The molecule has 0 spiro atoms. The summed E-state index contributed by atoms with van der Waals surface area (Å²) in [6, 6.07) is 3.99. The Balaban J connectivity index is 3.57. The highest BCUT2D eigenvalue weighted by Gasteiger charge is 2.32. The summed E-state index contributed by atoms with van der Waals surface area (Å²) >= 11 is 0. The van der Waals surface area contributed by atoms with Crippen molar-refractivity contribution in [2.75, 3.05) is 7.11 Å². The minimum Gasteiger partial charge on any atom is -0.465 e. The summed E-state index contributed by atoms with van der Waals surface area (Å²) in [4.78, 5) is 21.7. The van der Waals surface area contributed by atoms with Crippen molar-refractivity contribution < 1.29 is 19.6 Å². The number of ether oxygens (including phenoxy) is 1. The molecule has 0 bridgehead atoms. The van der Waals surface area contributed by atoms with Crippen molar-refractivity contribution in [2.45, 2.75) is 19.4 Å². The number of methoxy groups -OCH3 is 1. The zero-order valence-corrected chi connectivity index (χ0v) is 9.76. The Hall–Kier alpha value is -1.95. The van der Waals surface area contributed by atoms with Crippen LogP contribution in [0.4, 0.5) is 5.69 Å². The van der Waals surface area contributed by atoms with Gasteiger partial charge < -0.3 is 9.84 Å². The van der Waals surface area contributed by atoms with E-state index >= 15 is 0 Å². The molecule has 0 aliphatic carbocycles. The molecule has 0 aliphatic heterocycles. The van der Waals surface area contributed by atoms with E-state index < -0.39 is 16.5 Å². The van der Waals surface area contributed by atoms with E-state index in [1.807, 2.05) is 0 Å². The van der Waals surface area contributed by atoms with Gasteiger partial charge in [0.1, 0.15) is 0 Å². The zero-order chi connectivity index (χ0) is 13.2. The van der Waals surface area contributed by atoms with E-state index in [0.717, 1.165) is 0 Å². The standard InChI is InChI=1S/C11H13NO5/c1-11(2,14)9-7(10(13)17-3)5-4-6-8(9)12(15)16/h4-6,14H,1-3H3. The van der Waals surface area contributed by atoms with Crippen LogP contribution in [0.15, 0.2) is 18.2 Å². The van der Waals surface area contributed by atoms with Crippen molar-refractivity contribution in [1.82, 2.24) is 0 Å². The van der Waals surface area contributed by atoms with Crippen LogP contribution >= 0.6 is 0 Å². The smallest absolute Gasteiger partial charge is 0.338 e. The third kappa shape index (κ3) is 2.59. The van der Waals surface area contributed by atoms with Crippen LogP contribution in [0.1, 0.15) is 29.8 Å². The summed E-state index contributed by atoms with van der Waals surface area (Å²) in [7, 11) is 1.18. The zero-order valence-electron chi connectivity index (χ0n) is 9.76. The average Bonchev–Trinajstić information content (AvgIpc) is 2.25. The quantitative estimate of drug-likeness (QED) is 0.491. The molecule has 0 radical (unpaired) electrons. The lowest BCUT2D eigenvalue weighted by Crippen LogP contribution is -2.22. The summed E-state index contributed by atoms with van der Waals surface area (Å²) in [6.07, 6.45) is 0. The number of esters is 1. The van der Waals surface area contributed by atoms with Gasteiger partial charge in [0.05, 0.1) is 28.8 Å². The molecule has 0 amide bonds. The maximum Gasteiger partial charge on any atom is 0.338 e. The molecule has 17 heavy (non-hydrogen) atoms. The molecule has 1 aromatic carbocycles. The fraction of sp³-hybridized carbons (Fsp3) is 0.364. The van der Waals surface area contributed by atoms with E-state index in [1.165, 1.54) is 39.2 Å². The van der Waals surface area contributed by atoms with Gasteiger partial charge in [0.2, 0.25) is 0 Å². The largest absolute Gasteiger partial charge is 0.465 e. The van der Waals surface area contributed by atoms with E-state index in [9.17, 15) is 20.0 Å². The third-order valence-electron chi connectivity index (χ3n) is 2.26. The number of carbonyl (C=O) groups excluding carboxylic acids is 1. The molecule has 0 fully saturated rings. The van der Waals surface area contributed by atoms with Gasteiger partial charge in [0.25, 0.3) is 5.69 Å². The van der Waals surface area contributed by atoms with Gasteiger partial charge in [-0.05, 0) is 19.9 Å². The van der Waals surface area contributed by atoms with E-state index in [0.29, 0.717) is 0 Å². The van der Waals surface area contributed by atoms with Crippen LogP contribution in [-0.2, 0) is 10.3 Å². The van der Waals surface area contributed by atoms with Gasteiger partial charge in [-0.25, -0.2) is 4.79 Å². The van der Waals surface area contributed by atoms with Gasteiger partial charge in [-0.2, -0.15) is 0 Å². The topological polar surface area (TPSA) is 89.7 Å². The first-order valence-electron chi connectivity index (χ1n) is 4.87. The number of aliphatic hydroxyl groups is 1. The lowest BCUT2D eigenvalue weighted by Gasteiger charge is -2.20. The maximum absolute atomic E-state index is 11.5. The summed E-state index contributed by atoms with van der Waals surface area (Å²) in [5.74, 6) is -0.717. The van der Waals surface area contributed by atoms with Crippen LogP contribution in [0.25, 0.3) is 0 Å². The molecule has 0 unspecified atom stereocenters. The van der Waals surface area contributed by atoms with Crippen LogP contribution in [0.5, 0.6) is 0 Å². The molecule has 0 saturated carbocycles. The number of nitrogens with zero attached hydrogens (tertiary/aromatic N) is 1. The predicted octanol–water partition coefficient (Wildman–Crippen LogP) is 1.61. The van der Waals surface area contributed by atoms with Crippen LogP contribution in [0.2, 0.25) is 0 Å². The van der Waals surface area contributed by atoms with Crippen molar-refractivity contribution in [3.63, 3.8) is 0 Å². The van der Waals surface area contributed by atoms with Gasteiger partial charge in [-0.3, -0.25) is 10.1 Å². The first kappa shape index (κ1) is 13.1. The summed E-state index contributed by atoms with van der Waals surface area (Å²) in [6.45, 7) is 2.75. The van der Waals surface area contributed by atoms with Crippen molar-refractivity contribution in [3.05, 3.63) is 39.4 Å². The van der Waals surface area contributed by atoms with Gasteiger partial charge in [0.15, 0.2) is 0 Å². The molecular formula is C11H13NO5. The van der Waals surface area contributed by atoms with Crippen LogP contribution < -0.4 is 0 Å². The minimum atomic E-state index is -1.51. The van der Waals surface area contributed by atoms with Gasteiger partial charge >= 0.3 is 5.97 Å². The second-order valence-electron chi connectivity index (χ2n) is 4.01. The molecular weight excluding hydrogens is 226 g/mol. The number of hydrogen-bond donors (Lipinski definition) is 1. The first-order valence-corrected chi connectivity index (χ1v) is 4.87. The summed E-state index contributed by atoms with van der Waals surface area (Å²) in [5.41, 5.74) is -1.86. The molecule has 0 heterocycles. The number of nitro benzene ring substituents is 1. The Morgan fingerprint density at radius 2 is 2.06 bits per heavy atom. The molecule has 1 rings (SSSR count). The Bertz CT molecular complexity index is 461. The fourth-order valence-electron chi connectivity index (χ4n) is 1.62. The first-order chi connectivity index (χ1) is 7.79. The van der Waals surface area contributed by atoms with Crippen molar-refractivity contribution in [1.29, 1.82) is 0 Å². The SMILES string of the molecule is COC(=O)c1cccc([N+](=O)[O-])c1C(C)(C)O. The molecule has 1 aromatic rings. The molecule has 0 aliphatic rings. The molecule has 6 nitrogen and oxygen atoms in total. The second-order valence-corrected chi connectivity index (χ2v) is 4.01. The van der Waals surface area contributed by atoms with E-state index in [2.05, 4.69) is 4.74 Å². The van der Waals surface area contributed by atoms with Gasteiger partial charge in [0, 0.05) is 6.07 Å². The van der Waals surface area contributed by atoms with E-state index in [-0.39, 0.29) is 16.8 Å². The molecule has 0 aromatic heterocycles. The molecule has 0 atom stereocenters. The number of hydrogen-bond acceptors (Lipinski definition) is 5. The molecule has 0 saturated heterocycles. The summed E-state index contributed by atoms with van der Waals surface area (Å²) in [5, 5.41) is 20.8. The Morgan fingerprint density at radius 1 is 1.47 bits per heavy atom. The molecule has 1 N–H and O–H groups in total. The highest BCUT2D eigenvalue weighted by Crippen LogP contribution is 2.32. The van der Waals surface area contributed by atoms with Crippen molar-refractivity contribution in [3.8, 4) is 0 Å². The van der Waals surface area contributed by atoms with Gasteiger partial charge in [-0.1, -0.05) is 6.07 Å². The number of nitro groups is 1. The van der Waals surface area contributed by atoms with Crippen LogP contribution in [0.3, 0.4) is 0 Å². The predicted molar refractivity (Wildman–Crippen MR) is 59.7 cm³/mol. The Kier molecular flexibility index (Phi) is 3.47. The van der Waals surface area contributed by atoms with E-state index in [1.54, 1.807) is 0 Å². The Morgan fingerprint density at radius 3 is 2.47 bits per heavy atom. The maximum atomic E-state index is 11.5. The monoisotopic (exact) mass is 239 g/mol. The van der Waals surface area contributed by atoms with E-state index in [4.69, 9.17) is 0 Å². The van der Waals surface area contributed by atoms with Gasteiger partial charge in [-0.15, -0.1) is 0 Å². The number of carbonyl (C=O) groups is 1. The number of rotatable bonds is 3. The highest BCUT2D eigenvalue weighted by molar-refractivity contribution is 5.92. The lowest BCUT2D eigenvalue weighted by atomic mass is 9.91. The normalized spacial score (nSPS) is 11.1. The molecule has 92 valence electrons. The van der Waals surface area contributed by atoms with Crippen molar-refractivity contribution in [2.24, 2.45) is 0 Å². The average molecular weight is 239 g/mol. The fourth-order valence-corrected chi connectivity index (χ4v) is 1.62. The minimum absolute atomic E-state index is 0.00537. The lowest BCUT2D eigenvalue weighted by molar-refractivity contribution is -0.386. The summed E-state index contributed by atoms with van der Waals surface area (Å²) < 4.78 is 4.53. The van der Waals surface area contributed by atoms with Crippen molar-refractivity contribution >= 4 is 11.7 Å². The Labute approximate surface area is 98.0 Å². The molecule has 6 heteroatoms. The highest BCUT2D eigenvalue weighted by atomic mass is 16.6. The van der Waals surface area contributed by atoms with Crippen LogP contribution in [-0.4, -0.2) is 23.1 Å². The third-order valence-corrected chi connectivity index (χ3v) is 2.26. The van der Waals surface area contributed by atoms with Crippen LogP contribution in [0, 0.1) is 10.1 Å².